The number of carbonyl (C=O) groups excluding carboxylic acids is 2. The molecule has 28 heavy (non-hydrogen) atoms. The topological polar surface area (TPSA) is 49.4 Å². The second-order valence-corrected chi connectivity index (χ2v) is 8.09. The van der Waals surface area contributed by atoms with Crippen molar-refractivity contribution >= 4 is 29.1 Å². The molecule has 1 heterocycles. The van der Waals surface area contributed by atoms with Gasteiger partial charge in [-0.1, -0.05) is 41.9 Å². The minimum absolute atomic E-state index is 0.0140. The van der Waals surface area contributed by atoms with Gasteiger partial charge < -0.3 is 10.2 Å². The highest BCUT2D eigenvalue weighted by Gasteiger charge is 2.28. The zero-order valence-corrected chi connectivity index (χ0v) is 17.5. The molecule has 0 saturated carbocycles. The Hall–Kier alpha value is -2.33. The van der Waals surface area contributed by atoms with Crippen molar-refractivity contribution < 1.29 is 9.59 Å². The number of amides is 2. The summed E-state index contributed by atoms with van der Waals surface area (Å²) in [7, 11) is 0. The number of benzene rings is 2. The van der Waals surface area contributed by atoms with Gasteiger partial charge in [-0.15, -0.1) is 0 Å². The molecule has 1 fully saturated rings. The summed E-state index contributed by atoms with van der Waals surface area (Å²) in [5.74, 6) is 0.0183. The van der Waals surface area contributed by atoms with E-state index in [1.165, 1.54) is 0 Å². The van der Waals surface area contributed by atoms with Crippen molar-refractivity contribution in [3.8, 4) is 0 Å². The van der Waals surface area contributed by atoms with Crippen LogP contribution in [0.15, 0.2) is 36.4 Å². The van der Waals surface area contributed by atoms with Crippen molar-refractivity contribution in [2.24, 2.45) is 5.92 Å². The van der Waals surface area contributed by atoms with Crippen molar-refractivity contribution in [1.82, 2.24) is 4.90 Å². The Bertz CT molecular complexity index is 863. The zero-order valence-electron chi connectivity index (χ0n) is 16.7. The Labute approximate surface area is 171 Å². The minimum Gasteiger partial charge on any atom is -0.342 e. The molecule has 0 bridgehead atoms. The number of rotatable bonds is 4. The number of piperidine rings is 1. The second kappa shape index (κ2) is 8.78. The maximum Gasteiger partial charge on any atom is 0.227 e. The molecule has 2 aromatic rings. The molecule has 5 heteroatoms. The Kier molecular flexibility index (Phi) is 6.40. The average molecular weight is 399 g/mol. The van der Waals surface area contributed by atoms with Gasteiger partial charge in [-0.25, -0.2) is 0 Å². The fraction of sp³-hybridized carbons (Fsp3) is 0.391. The number of hydrogen-bond acceptors (Lipinski definition) is 2. The first-order valence-corrected chi connectivity index (χ1v) is 10.1. The molecule has 0 spiro atoms. The molecule has 2 aromatic carbocycles. The van der Waals surface area contributed by atoms with E-state index in [0.717, 1.165) is 22.3 Å². The van der Waals surface area contributed by atoms with E-state index >= 15 is 0 Å². The molecule has 3 rings (SSSR count). The second-order valence-electron chi connectivity index (χ2n) is 7.69. The fourth-order valence-corrected chi connectivity index (χ4v) is 4.14. The van der Waals surface area contributed by atoms with Crippen molar-refractivity contribution in [3.05, 3.63) is 63.7 Å². The van der Waals surface area contributed by atoms with E-state index in [1.807, 2.05) is 62.1 Å². The highest BCUT2D eigenvalue weighted by Crippen LogP contribution is 2.29. The monoisotopic (exact) mass is 398 g/mol. The van der Waals surface area contributed by atoms with Gasteiger partial charge in [0.15, 0.2) is 0 Å². The molecule has 0 aliphatic carbocycles. The molecule has 0 aromatic heterocycles. The van der Waals surface area contributed by atoms with Gasteiger partial charge in [0.05, 0.1) is 17.1 Å². The predicted molar refractivity (Wildman–Crippen MR) is 114 cm³/mol. The van der Waals surface area contributed by atoms with Gasteiger partial charge in [-0.2, -0.15) is 0 Å². The van der Waals surface area contributed by atoms with E-state index in [1.54, 1.807) is 0 Å². The average Bonchev–Trinajstić information content (AvgIpc) is 2.66. The number of anilines is 1. The van der Waals surface area contributed by atoms with Crippen LogP contribution in [0, 0.1) is 26.7 Å². The van der Waals surface area contributed by atoms with E-state index < -0.39 is 0 Å². The van der Waals surface area contributed by atoms with Gasteiger partial charge in [0, 0.05) is 19.0 Å². The van der Waals surface area contributed by atoms with E-state index in [2.05, 4.69) is 5.32 Å². The molecule has 0 atom stereocenters. The molecular formula is C23H27ClN2O2. The molecule has 1 N–H and O–H groups in total. The fourth-order valence-electron chi connectivity index (χ4n) is 3.77. The molecule has 0 unspecified atom stereocenters. The Morgan fingerprint density at radius 3 is 2.39 bits per heavy atom. The quantitative estimate of drug-likeness (QED) is 0.812. The predicted octanol–water partition coefficient (Wildman–Crippen LogP) is 4.69. The third-order valence-corrected chi connectivity index (χ3v) is 5.80. The van der Waals surface area contributed by atoms with Crippen LogP contribution in [0.3, 0.4) is 0 Å². The molecular weight excluding hydrogens is 372 g/mol. The van der Waals surface area contributed by atoms with E-state index in [-0.39, 0.29) is 17.7 Å². The zero-order chi connectivity index (χ0) is 20.3. The highest BCUT2D eigenvalue weighted by molar-refractivity contribution is 6.34. The summed E-state index contributed by atoms with van der Waals surface area (Å²) in [6.07, 6.45) is 1.77. The number of likely N-dealkylation sites (tertiary alicyclic amines) is 1. The number of nitrogens with zero attached hydrogens (tertiary/aromatic N) is 1. The summed E-state index contributed by atoms with van der Waals surface area (Å²) in [4.78, 5) is 27.2. The van der Waals surface area contributed by atoms with Crippen LogP contribution in [0.1, 0.15) is 35.1 Å². The molecule has 1 aliphatic heterocycles. The van der Waals surface area contributed by atoms with Gasteiger partial charge >= 0.3 is 0 Å². The molecule has 1 saturated heterocycles. The third kappa shape index (κ3) is 4.74. The van der Waals surface area contributed by atoms with Crippen molar-refractivity contribution in [1.29, 1.82) is 0 Å². The third-order valence-electron chi connectivity index (χ3n) is 5.50. The van der Waals surface area contributed by atoms with E-state index in [9.17, 15) is 9.59 Å². The smallest absolute Gasteiger partial charge is 0.227 e. The van der Waals surface area contributed by atoms with Crippen LogP contribution < -0.4 is 5.32 Å². The van der Waals surface area contributed by atoms with Gasteiger partial charge in [0.1, 0.15) is 0 Å². The highest BCUT2D eigenvalue weighted by atomic mass is 35.5. The van der Waals surface area contributed by atoms with Crippen LogP contribution in [-0.4, -0.2) is 29.8 Å². The lowest BCUT2D eigenvalue weighted by molar-refractivity contribution is -0.133. The first-order valence-electron chi connectivity index (χ1n) is 9.75. The summed E-state index contributed by atoms with van der Waals surface area (Å²) in [5.41, 5.74) is 4.92. The van der Waals surface area contributed by atoms with Crippen LogP contribution >= 0.6 is 11.6 Å². The van der Waals surface area contributed by atoms with Crippen LogP contribution in [-0.2, 0) is 16.0 Å². The maximum atomic E-state index is 12.7. The molecule has 0 radical (unpaired) electrons. The number of halogens is 1. The molecule has 2 amide bonds. The number of nitrogens with one attached hydrogen (secondary N) is 1. The summed E-state index contributed by atoms with van der Waals surface area (Å²) in [6.45, 7) is 7.18. The van der Waals surface area contributed by atoms with Crippen molar-refractivity contribution in [2.75, 3.05) is 18.4 Å². The molecule has 148 valence electrons. The van der Waals surface area contributed by atoms with Crippen LogP contribution in [0.5, 0.6) is 0 Å². The summed E-state index contributed by atoms with van der Waals surface area (Å²) >= 11 is 6.30. The van der Waals surface area contributed by atoms with E-state index in [0.29, 0.717) is 43.1 Å². The Balaban J connectivity index is 1.56. The molecule has 4 nitrogen and oxygen atoms in total. The van der Waals surface area contributed by atoms with Crippen LogP contribution in [0.2, 0.25) is 5.02 Å². The van der Waals surface area contributed by atoms with Gasteiger partial charge in [-0.05, 0) is 61.9 Å². The number of aryl methyl sites for hydroxylation is 3. The first-order chi connectivity index (χ1) is 13.3. The minimum atomic E-state index is -0.0979. The Morgan fingerprint density at radius 2 is 1.75 bits per heavy atom. The largest absolute Gasteiger partial charge is 0.342 e. The summed E-state index contributed by atoms with van der Waals surface area (Å²) < 4.78 is 0. The maximum absolute atomic E-state index is 12.7. The number of carbonyl (C=O) groups is 2. The van der Waals surface area contributed by atoms with Crippen molar-refractivity contribution in [2.45, 2.75) is 40.0 Å². The first kappa shape index (κ1) is 20.4. The van der Waals surface area contributed by atoms with E-state index in [4.69, 9.17) is 11.6 Å². The Morgan fingerprint density at radius 1 is 1.07 bits per heavy atom. The lowest BCUT2D eigenvalue weighted by Crippen LogP contribution is -2.42. The summed E-state index contributed by atoms with van der Waals surface area (Å²) in [6, 6.07) is 11.8. The SMILES string of the molecule is Cc1cc(C)c(NC(=O)C2CCN(C(=O)Cc3ccccc3C)CC2)c(Cl)c1. The molecule has 1 aliphatic rings. The summed E-state index contributed by atoms with van der Waals surface area (Å²) in [5, 5.41) is 3.56. The van der Waals surface area contributed by atoms with Gasteiger partial charge in [0.2, 0.25) is 11.8 Å². The van der Waals surface area contributed by atoms with Gasteiger partial charge in [-0.3, -0.25) is 9.59 Å². The lowest BCUT2D eigenvalue weighted by Gasteiger charge is -2.31. The van der Waals surface area contributed by atoms with Crippen molar-refractivity contribution in [3.63, 3.8) is 0 Å². The van der Waals surface area contributed by atoms with Gasteiger partial charge in [0.25, 0.3) is 0 Å². The standard InChI is InChI=1S/C23H27ClN2O2/c1-15-12-17(3)22(20(24)13-15)25-23(28)18-8-10-26(11-9-18)21(27)14-19-7-5-4-6-16(19)2/h4-7,12-13,18H,8-11,14H2,1-3H3,(H,25,28). The van der Waals surface area contributed by atoms with Crippen LogP contribution in [0.4, 0.5) is 5.69 Å². The van der Waals surface area contributed by atoms with Crippen LogP contribution in [0.25, 0.3) is 0 Å². The lowest BCUT2D eigenvalue weighted by atomic mass is 9.95. The normalized spacial score (nSPS) is 14.8. The number of hydrogen-bond donors (Lipinski definition) is 1.